The Morgan fingerprint density at radius 3 is 2.27 bits per heavy atom. The van der Waals surface area contributed by atoms with E-state index in [4.69, 9.17) is 5.73 Å². The number of aromatic nitrogens is 2. The minimum absolute atomic E-state index is 0.142. The van der Waals surface area contributed by atoms with E-state index in [-0.39, 0.29) is 16.3 Å². The van der Waals surface area contributed by atoms with Gasteiger partial charge in [-0.2, -0.15) is 0 Å². The third-order valence-corrected chi connectivity index (χ3v) is 5.83. The van der Waals surface area contributed by atoms with Crippen LogP contribution >= 0.6 is 0 Å². The fourth-order valence-corrected chi connectivity index (χ4v) is 4.10. The van der Waals surface area contributed by atoms with Crippen LogP contribution in [0.3, 0.4) is 0 Å². The van der Waals surface area contributed by atoms with Crippen LogP contribution in [0.5, 0.6) is 0 Å². The summed E-state index contributed by atoms with van der Waals surface area (Å²) >= 11 is 0. The zero-order valence-corrected chi connectivity index (χ0v) is 16.5. The van der Waals surface area contributed by atoms with Crippen molar-refractivity contribution in [3.05, 3.63) is 91.0 Å². The molecule has 0 saturated heterocycles. The van der Waals surface area contributed by atoms with Gasteiger partial charge in [0.05, 0.1) is 28.7 Å². The average Bonchev–Trinajstić information content (AvgIpc) is 2.75. The highest BCUT2D eigenvalue weighted by Crippen LogP contribution is 2.32. The first kappa shape index (κ1) is 19.5. The SMILES string of the molecule is Nc1cnc(-c2ccc(-c3ccccc3NS(=O)(=O)c3ccccc3)cc2F)cn1. The first-order valence-electron chi connectivity index (χ1n) is 8.99. The van der Waals surface area contributed by atoms with E-state index in [0.717, 1.165) is 0 Å². The highest BCUT2D eigenvalue weighted by molar-refractivity contribution is 7.92. The maximum atomic E-state index is 14.8. The smallest absolute Gasteiger partial charge is 0.261 e. The zero-order valence-electron chi connectivity index (χ0n) is 15.7. The molecule has 0 radical (unpaired) electrons. The van der Waals surface area contributed by atoms with Crippen molar-refractivity contribution in [2.24, 2.45) is 0 Å². The van der Waals surface area contributed by atoms with Crippen LogP contribution in [0.25, 0.3) is 22.4 Å². The lowest BCUT2D eigenvalue weighted by molar-refractivity contribution is 0.601. The van der Waals surface area contributed by atoms with Crippen LogP contribution in [-0.2, 0) is 10.0 Å². The molecule has 0 spiro atoms. The van der Waals surface area contributed by atoms with Crippen molar-refractivity contribution in [1.82, 2.24) is 9.97 Å². The number of hydrogen-bond donors (Lipinski definition) is 2. The number of nitrogens with one attached hydrogen (secondary N) is 1. The number of para-hydroxylation sites is 1. The molecule has 0 atom stereocenters. The maximum Gasteiger partial charge on any atom is 0.261 e. The van der Waals surface area contributed by atoms with Gasteiger partial charge in [0.25, 0.3) is 10.0 Å². The molecule has 0 saturated carbocycles. The number of rotatable bonds is 5. The van der Waals surface area contributed by atoms with E-state index < -0.39 is 15.8 Å². The number of nitrogen functional groups attached to an aromatic ring is 1. The lowest BCUT2D eigenvalue weighted by Crippen LogP contribution is -2.13. The second kappa shape index (κ2) is 7.92. The maximum absolute atomic E-state index is 14.8. The summed E-state index contributed by atoms with van der Waals surface area (Å²) in [6.45, 7) is 0. The molecule has 0 aliphatic heterocycles. The molecule has 0 fully saturated rings. The van der Waals surface area contributed by atoms with E-state index in [1.54, 1.807) is 54.6 Å². The highest BCUT2D eigenvalue weighted by atomic mass is 32.2. The average molecular weight is 420 g/mol. The zero-order chi connectivity index (χ0) is 21.1. The molecule has 4 rings (SSSR count). The molecule has 0 aliphatic rings. The van der Waals surface area contributed by atoms with Crippen LogP contribution in [0.2, 0.25) is 0 Å². The van der Waals surface area contributed by atoms with Gasteiger partial charge in [0.2, 0.25) is 0 Å². The van der Waals surface area contributed by atoms with Crippen molar-refractivity contribution in [1.29, 1.82) is 0 Å². The number of sulfonamides is 1. The summed E-state index contributed by atoms with van der Waals surface area (Å²) in [6.07, 6.45) is 2.76. The van der Waals surface area contributed by atoms with Gasteiger partial charge in [-0.05, 0) is 35.9 Å². The summed E-state index contributed by atoms with van der Waals surface area (Å²) in [5.41, 5.74) is 7.57. The second-order valence-electron chi connectivity index (χ2n) is 6.49. The van der Waals surface area contributed by atoms with Gasteiger partial charge in [0.15, 0.2) is 0 Å². The molecule has 0 aliphatic carbocycles. The van der Waals surface area contributed by atoms with Crippen molar-refractivity contribution in [3.8, 4) is 22.4 Å². The minimum atomic E-state index is -3.78. The number of halogens is 1. The Labute approximate surface area is 173 Å². The Morgan fingerprint density at radius 1 is 0.833 bits per heavy atom. The van der Waals surface area contributed by atoms with Crippen LogP contribution < -0.4 is 10.5 Å². The van der Waals surface area contributed by atoms with Crippen molar-refractivity contribution in [2.45, 2.75) is 4.90 Å². The molecule has 3 aromatic carbocycles. The van der Waals surface area contributed by atoms with Gasteiger partial charge < -0.3 is 5.73 Å². The first-order valence-corrected chi connectivity index (χ1v) is 10.5. The quantitative estimate of drug-likeness (QED) is 0.501. The van der Waals surface area contributed by atoms with Gasteiger partial charge in [0, 0.05) is 11.1 Å². The van der Waals surface area contributed by atoms with Crippen LogP contribution in [0.4, 0.5) is 15.9 Å². The number of anilines is 2. The van der Waals surface area contributed by atoms with Gasteiger partial charge in [-0.25, -0.2) is 17.8 Å². The van der Waals surface area contributed by atoms with E-state index >= 15 is 0 Å². The van der Waals surface area contributed by atoms with Crippen LogP contribution in [0.1, 0.15) is 0 Å². The Kier molecular flexibility index (Phi) is 5.16. The Hall–Kier alpha value is -3.78. The molecule has 3 N–H and O–H groups in total. The third-order valence-electron chi connectivity index (χ3n) is 4.45. The van der Waals surface area contributed by atoms with E-state index in [1.807, 2.05) is 0 Å². The minimum Gasteiger partial charge on any atom is -0.382 e. The molecule has 0 amide bonds. The van der Waals surface area contributed by atoms with Crippen molar-refractivity contribution in [2.75, 3.05) is 10.5 Å². The van der Waals surface area contributed by atoms with Crippen molar-refractivity contribution < 1.29 is 12.8 Å². The topological polar surface area (TPSA) is 98.0 Å². The number of benzene rings is 3. The number of nitrogens with two attached hydrogens (primary N) is 1. The Balaban J connectivity index is 1.70. The lowest BCUT2D eigenvalue weighted by Gasteiger charge is -2.13. The van der Waals surface area contributed by atoms with E-state index in [9.17, 15) is 12.8 Å². The third kappa shape index (κ3) is 3.99. The Morgan fingerprint density at radius 2 is 1.57 bits per heavy atom. The predicted octanol–water partition coefficient (Wildman–Crippen LogP) is 4.33. The van der Waals surface area contributed by atoms with E-state index in [1.165, 1.54) is 30.6 Å². The summed E-state index contributed by atoms with van der Waals surface area (Å²) in [5.74, 6) is -0.261. The van der Waals surface area contributed by atoms with Gasteiger partial charge in [-0.1, -0.05) is 42.5 Å². The molecular formula is C22H17FN4O2S. The summed E-state index contributed by atoms with van der Waals surface area (Å²) in [5, 5.41) is 0. The molecule has 150 valence electrons. The van der Waals surface area contributed by atoms with Crippen molar-refractivity contribution >= 4 is 21.5 Å². The van der Waals surface area contributed by atoms with Crippen LogP contribution in [0, 0.1) is 5.82 Å². The summed E-state index contributed by atoms with van der Waals surface area (Å²) < 4.78 is 42.8. The molecular weight excluding hydrogens is 403 g/mol. The molecule has 1 heterocycles. The van der Waals surface area contributed by atoms with Crippen LogP contribution in [-0.4, -0.2) is 18.4 Å². The summed E-state index contributed by atoms with van der Waals surface area (Å²) in [7, 11) is -3.78. The van der Waals surface area contributed by atoms with Gasteiger partial charge >= 0.3 is 0 Å². The molecule has 6 nitrogen and oxygen atoms in total. The lowest BCUT2D eigenvalue weighted by atomic mass is 10.0. The molecule has 8 heteroatoms. The fraction of sp³-hybridized carbons (Fsp3) is 0. The monoisotopic (exact) mass is 420 g/mol. The molecule has 0 bridgehead atoms. The molecule has 1 aromatic heterocycles. The molecule has 0 unspecified atom stereocenters. The van der Waals surface area contributed by atoms with E-state index in [2.05, 4.69) is 14.7 Å². The second-order valence-corrected chi connectivity index (χ2v) is 8.17. The van der Waals surface area contributed by atoms with Crippen molar-refractivity contribution in [3.63, 3.8) is 0 Å². The number of hydrogen-bond acceptors (Lipinski definition) is 5. The summed E-state index contributed by atoms with van der Waals surface area (Å²) in [4.78, 5) is 8.17. The first-order chi connectivity index (χ1) is 14.4. The number of nitrogens with zero attached hydrogens (tertiary/aromatic N) is 2. The van der Waals surface area contributed by atoms with Gasteiger partial charge in [0.1, 0.15) is 11.6 Å². The molecule has 30 heavy (non-hydrogen) atoms. The van der Waals surface area contributed by atoms with E-state index in [0.29, 0.717) is 22.5 Å². The van der Waals surface area contributed by atoms with Gasteiger partial charge in [-0.3, -0.25) is 9.71 Å². The largest absolute Gasteiger partial charge is 0.382 e. The Bertz CT molecular complexity index is 1290. The molecule has 4 aromatic rings. The highest BCUT2D eigenvalue weighted by Gasteiger charge is 2.17. The predicted molar refractivity (Wildman–Crippen MR) is 115 cm³/mol. The standard InChI is InChI=1S/C22H17FN4O2S/c23-19-12-15(10-11-18(19)21-13-26-22(24)14-25-21)17-8-4-5-9-20(17)27-30(28,29)16-6-2-1-3-7-16/h1-14,27H,(H2,24,26). The fourth-order valence-electron chi connectivity index (χ4n) is 2.99. The van der Waals surface area contributed by atoms with Gasteiger partial charge in [-0.15, -0.1) is 0 Å². The van der Waals surface area contributed by atoms with Crippen LogP contribution in [0.15, 0.2) is 90.1 Å². The summed E-state index contributed by atoms with van der Waals surface area (Å²) in [6, 6.07) is 19.5. The normalized spacial score (nSPS) is 11.2.